The number of ether oxygens (including phenoxy) is 1. The van der Waals surface area contributed by atoms with E-state index >= 15 is 0 Å². The van der Waals surface area contributed by atoms with Crippen LogP contribution in [0, 0.1) is 11.8 Å². The van der Waals surface area contributed by atoms with Crippen LogP contribution in [-0.4, -0.2) is 21.1 Å². The third-order valence-corrected chi connectivity index (χ3v) is 5.96. The van der Waals surface area contributed by atoms with E-state index < -0.39 is 10.0 Å². The van der Waals surface area contributed by atoms with Gasteiger partial charge in [-0.1, -0.05) is 26.7 Å². The van der Waals surface area contributed by atoms with Crippen LogP contribution >= 0.6 is 0 Å². The van der Waals surface area contributed by atoms with Gasteiger partial charge in [-0.05, 0) is 49.4 Å². The minimum Gasteiger partial charge on any atom is -0.494 e. The zero-order chi connectivity index (χ0) is 15.5. The Bertz CT molecular complexity index is 553. The summed E-state index contributed by atoms with van der Waals surface area (Å²) in [5.74, 6) is 1.62. The van der Waals surface area contributed by atoms with E-state index in [0.29, 0.717) is 29.1 Å². The van der Waals surface area contributed by atoms with Crippen molar-refractivity contribution in [3.63, 3.8) is 0 Å². The Morgan fingerprint density at radius 3 is 2.48 bits per heavy atom. The monoisotopic (exact) mass is 311 g/mol. The summed E-state index contributed by atoms with van der Waals surface area (Å²) in [5.41, 5.74) is 0. The van der Waals surface area contributed by atoms with E-state index in [1.807, 2.05) is 6.92 Å². The Morgan fingerprint density at radius 2 is 1.86 bits per heavy atom. The van der Waals surface area contributed by atoms with Crippen LogP contribution < -0.4 is 9.46 Å². The molecule has 1 aliphatic rings. The van der Waals surface area contributed by atoms with Crippen molar-refractivity contribution < 1.29 is 13.2 Å². The maximum absolute atomic E-state index is 12.5. The Hall–Kier alpha value is -1.07. The minimum atomic E-state index is -3.45. The molecule has 1 N–H and O–H groups in total. The highest BCUT2D eigenvalue weighted by Gasteiger charge is 2.30. The highest BCUT2D eigenvalue weighted by atomic mass is 32.2. The zero-order valence-electron chi connectivity index (χ0n) is 13.0. The highest BCUT2D eigenvalue weighted by Crippen LogP contribution is 2.30. The van der Waals surface area contributed by atoms with Gasteiger partial charge in [0.05, 0.1) is 11.5 Å². The molecule has 4 nitrogen and oxygen atoms in total. The molecule has 0 heterocycles. The summed E-state index contributed by atoms with van der Waals surface area (Å²) in [6, 6.07) is 6.63. The molecule has 1 fully saturated rings. The van der Waals surface area contributed by atoms with Crippen molar-refractivity contribution in [1.82, 2.24) is 4.72 Å². The van der Waals surface area contributed by atoms with Crippen molar-refractivity contribution in [2.45, 2.75) is 51.0 Å². The largest absolute Gasteiger partial charge is 0.494 e. The van der Waals surface area contributed by atoms with Crippen LogP contribution in [0.3, 0.4) is 0 Å². The van der Waals surface area contributed by atoms with Crippen molar-refractivity contribution >= 4 is 10.0 Å². The fraction of sp³-hybridized carbons (Fsp3) is 0.625. The standard InChI is InChI=1S/C16H25NO3S/c1-4-20-14-8-10-15(11-9-14)21(18,19)17-16-7-5-6-12(2)13(16)3/h8-13,16-17H,4-7H2,1-3H3/t12-,13-,16-/m0/s1. The first kappa shape index (κ1) is 16.3. The lowest BCUT2D eigenvalue weighted by Gasteiger charge is -2.34. The normalized spacial score (nSPS) is 26.5. The lowest BCUT2D eigenvalue weighted by atomic mass is 9.78. The first-order valence-electron chi connectivity index (χ1n) is 7.69. The quantitative estimate of drug-likeness (QED) is 0.908. The second-order valence-electron chi connectivity index (χ2n) is 5.90. The molecule has 1 aromatic rings. The molecule has 1 aliphatic carbocycles. The Morgan fingerprint density at radius 1 is 1.19 bits per heavy atom. The molecule has 2 rings (SSSR count). The van der Waals surface area contributed by atoms with Crippen LogP contribution in [0.2, 0.25) is 0 Å². The van der Waals surface area contributed by atoms with Crippen molar-refractivity contribution in [1.29, 1.82) is 0 Å². The van der Waals surface area contributed by atoms with Gasteiger partial charge in [0.25, 0.3) is 0 Å². The second-order valence-corrected chi connectivity index (χ2v) is 7.61. The number of benzene rings is 1. The molecule has 1 saturated carbocycles. The minimum absolute atomic E-state index is 0.0327. The predicted octanol–water partition coefficient (Wildman–Crippen LogP) is 3.19. The number of hydrogen-bond acceptors (Lipinski definition) is 3. The van der Waals surface area contributed by atoms with Crippen LogP contribution in [0.4, 0.5) is 0 Å². The molecule has 5 heteroatoms. The smallest absolute Gasteiger partial charge is 0.240 e. The molecule has 118 valence electrons. The second kappa shape index (κ2) is 6.79. The molecule has 0 aromatic heterocycles. The van der Waals surface area contributed by atoms with Gasteiger partial charge in [0, 0.05) is 6.04 Å². The Balaban J connectivity index is 2.10. The molecule has 21 heavy (non-hydrogen) atoms. The zero-order valence-corrected chi connectivity index (χ0v) is 13.8. The van der Waals surface area contributed by atoms with E-state index in [1.165, 1.54) is 6.42 Å². The number of sulfonamides is 1. The van der Waals surface area contributed by atoms with Gasteiger partial charge >= 0.3 is 0 Å². The van der Waals surface area contributed by atoms with Gasteiger partial charge in [0.2, 0.25) is 10.0 Å². The van der Waals surface area contributed by atoms with E-state index in [9.17, 15) is 8.42 Å². The molecular formula is C16H25NO3S. The lowest BCUT2D eigenvalue weighted by molar-refractivity contribution is 0.227. The molecule has 0 radical (unpaired) electrons. The van der Waals surface area contributed by atoms with Crippen molar-refractivity contribution in [3.8, 4) is 5.75 Å². The van der Waals surface area contributed by atoms with Crippen molar-refractivity contribution in [2.75, 3.05) is 6.61 Å². The first-order valence-corrected chi connectivity index (χ1v) is 9.17. The molecule has 3 atom stereocenters. The average molecular weight is 311 g/mol. The topological polar surface area (TPSA) is 55.4 Å². The molecule has 0 saturated heterocycles. The lowest BCUT2D eigenvalue weighted by Crippen LogP contribution is -2.43. The van der Waals surface area contributed by atoms with Crippen molar-refractivity contribution in [3.05, 3.63) is 24.3 Å². The van der Waals surface area contributed by atoms with E-state index in [0.717, 1.165) is 12.8 Å². The number of hydrogen-bond donors (Lipinski definition) is 1. The average Bonchev–Trinajstić information content (AvgIpc) is 2.45. The SMILES string of the molecule is CCOc1ccc(S(=O)(=O)N[C@H]2CCC[C@H](C)[C@@H]2C)cc1. The summed E-state index contributed by atoms with van der Waals surface area (Å²) >= 11 is 0. The molecule has 0 bridgehead atoms. The third kappa shape index (κ3) is 3.98. The van der Waals surface area contributed by atoms with Gasteiger partial charge in [-0.2, -0.15) is 0 Å². The molecule has 0 amide bonds. The maximum atomic E-state index is 12.5. The van der Waals surface area contributed by atoms with Gasteiger partial charge in [-0.15, -0.1) is 0 Å². The summed E-state index contributed by atoms with van der Waals surface area (Å²) in [7, 11) is -3.45. The van der Waals surface area contributed by atoms with Gasteiger partial charge < -0.3 is 4.74 Å². The van der Waals surface area contributed by atoms with Crippen LogP contribution in [0.25, 0.3) is 0 Å². The third-order valence-electron chi connectivity index (χ3n) is 4.46. The Labute approximate surface area is 127 Å². The van der Waals surface area contributed by atoms with Crippen LogP contribution in [0.15, 0.2) is 29.2 Å². The number of rotatable bonds is 5. The molecule has 0 aliphatic heterocycles. The predicted molar refractivity (Wildman–Crippen MR) is 83.9 cm³/mol. The van der Waals surface area contributed by atoms with Gasteiger partial charge in [0.15, 0.2) is 0 Å². The summed E-state index contributed by atoms with van der Waals surface area (Å²) < 4.78 is 33.2. The molecular weight excluding hydrogens is 286 g/mol. The van der Waals surface area contributed by atoms with E-state index in [2.05, 4.69) is 18.6 Å². The summed E-state index contributed by atoms with van der Waals surface area (Å²) in [5, 5.41) is 0. The van der Waals surface area contributed by atoms with Crippen molar-refractivity contribution in [2.24, 2.45) is 11.8 Å². The summed E-state index contributed by atoms with van der Waals surface area (Å²) in [6.07, 6.45) is 3.19. The van der Waals surface area contributed by atoms with Gasteiger partial charge in [0.1, 0.15) is 5.75 Å². The Kier molecular flexibility index (Phi) is 5.27. The molecule has 1 aromatic carbocycles. The van der Waals surface area contributed by atoms with Crippen LogP contribution in [-0.2, 0) is 10.0 Å². The first-order chi connectivity index (χ1) is 9.94. The molecule has 0 unspecified atom stereocenters. The van der Waals surface area contributed by atoms with Crippen LogP contribution in [0.5, 0.6) is 5.75 Å². The molecule has 0 spiro atoms. The summed E-state index contributed by atoms with van der Waals surface area (Å²) in [4.78, 5) is 0.302. The highest BCUT2D eigenvalue weighted by molar-refractivity contribution is 7.89. The van der Waals surface area contributed by atoms with Crippen LogP contribution in [0.1, 0.15) is 40.0 Å². The fourth-order valence-corrected chi connectivity index (χ4v) is 4.26. The van der Waals surface area contributed by atoms with E-state index in [4.69, 9.17) is 4.74 Å². The van der Waals surface area contributed by atoms with E-state index in [1.54, 1.807) is 24.3 Å². The van der Waals surface area contributed by atoms with E-state index in [-0.39, 0.29) is 6.04 Å². The fourth-order valence-electron chi connectivity index (χ4n) is 2.90. The summed E-state index contributed by atoms with van der Waals surface area (Å²) in [6.45, 7) is 6.80. The number of nitrogens with one attached hydrogen (secondary N) is 1. The van der Waals surface area contributed by atoms with Gasteiger partial charge in [-0.25, -0.2) is 13.1 Å². The van der Waals surface area contributed by atoms with Gasteiger partial charge in [-0.3, -0.25) is 0 Å². The maximum Gasteiger partial charge on any atom is 0.240 e.